The lowest BCUT2D eigenvalue weighted by atomic mass is 10.0. The summed E-state index contributed by atoms with van der Waals surface area (Å²) >= 11 is 0. The van der Waals surface area contributed by atoms with E-state index in [-0.39, 0.29) is 18.5 Å². The molecule has 6 nitrogen and oxygen atoms in total. The van der Waals surface area contributed by atoms with Gasteiger partial charge in [-0.3, -0.25) is 9.59 Å². The highest BCUT2D eigenvalue weighted by Gasteiger charge is 2.19. The molecule has 1 amide bonds. The third kappa shape index (κ3) is 49.6. The minimum absolute atomic E-state index is 0.0143. The summed E-state index contributed by atoms with van der Waals surface area (Å²) in [5, 5.41) is 23.2. The zero-order valence-corrected chi connectivity index (χ0v) is 42.3. The van der Waals surface area contributed by atoms with Gasteiger partial charge in [0, 0.05) is 12.8 Å². The van der Waals surface area contributed by atoms with Crippen LogP contribution in [-0.4, -0.2) is 47.4 Å². The van der Waals surface area contributed by atoms with Gasteiger partial charge in [0.05, 0.1) is 25.4 Å². The van der Waals surface area contributed by atoms with Gasteiger partial charge < -0.3 is 20.3 Å². The fourth-order valence-electron chi connectivity index (χ4n) is 8.69. The lowest BCUT2D eigenvalue weighted by Crippen LogP contribution is -2.45. The van der Waals surface area contributed by atoms with E-state index in [4.69, 9.17) is 4.74 Å². The molecule has 0 rings (SSSR count). The predicted octanol–water partition coefficient (Wildman–Crippen LogP) is 17.1. The van der Waals surface area contributed by atoms with E-state index in [0.717, 1.165) is 51.4 Å². The monoisotopic (exact) mass is 888 g/mol. The molecule has 2 unspecified atom stereocenters. The van der Waals surface area contributed by atoms with Crippen molar-refractivity contribution in [3.63, 3.8) is 0 Å². The summed E-state index contributed by atoms with van der Waals surface area (Å²) in [5.41, 5.74) is 0. The number of hydrogen-bond donors (Lipinski definition) is 3. The molecule has 0 saturated heterocycles. The minimum atomic E-state index is -0.699. The quantitative estimate of drug-likeness (QED) is 0.0321. The molecule has 6 heteroatoms. The Morgan fingerprint density at radius 1 is 0.444 bits per heavy atom. The Morgan fingerprint density at radius 3 is 1.24 bits per heavy atom. The van der Waals surface area contributed by atoms with Crippen molar-refractivity contribution in [2.24, 2.45) is 0 Å². The van der Waals surface area contributed by atoms with Crippen LogP contribution in [0, 0.1) is 0 Å². The van der Waals surface area contributed by atoms with Crippen molar-refractivity contribution >= 4 is 11.9 Å². The fraction of sp³-hybridized carbons (Fsp3) is 0.895. The Morgan fingerprint density at radius 2 is 0.810 bits per heavy atom. The number of hydrogen-bond acceptors (Lipinski definition) is 5. The van der Waals surface area contributed by atoms with E-state index < -0.39 is 12.1 Å². The third-order valence-corrected chi connectivity index (χ3v) is 13.0. The summed E-state index contributed by atoms with van der Waals surface area (Å²) in [5.74, 6) is -0.127. The van der Waals surface area contributed by atoms with Gasteiger partial charge in [0.25, 0.3) is 0 Å². The molecule has 0 aromatic heterocycles. The summed E-state index contributed by atoms with van der Waals surface area (Å²) in [4.78, 5) is 24.5. The number of ether oxygens (including phenoxy) is 1. The summed E-state index contributed by atoms with van der Waals surface area (Å²) < 4.78 is 5.46. The summed E-state index contributed by atoms with van der Waals surface area (Å²) in [6.45, 7) is 4.91. The van der Waals surface area contributed by atoms with Crippen LogP contribution in [0.2, 0.25) is 0 Å². The van der Waals surface area contributed by atoms with Gasteiger partial charge in [0.15, 0.2) is 0 Å². The first-order valence-electron chi connectivity index (χ1n) is 28.1. The van der Waals surface area contributed by atoms with Gasteiger partial charge in [-0.2, -0.15) is 0 Å². The number of aliphatic hydroxyl groups excluding tert-OH is 2. The van der Waals surface area contributed by atoms with Crippen LogP contribution in [0.3, 0.4) is 0 Å². The lowest BCUT2D eigenvalue weighted by molar-refractivity contribution is -0.143. The molecule has 0 radical (unpaired) electrons. The first-order chi connectivity index (χ1) is 31.0. The molecule has 0 fully saturated rings. The van der Waals surface area contributed by atoms with Crippen molar-refractivity contribution < 1.29 is 24.5 Å². The molecular weight excluding hydrogens is 779 g/mol. The molecule has 0 heterocycles. The SMILES string of the molecule is CCCCCCCCCCCCCCCCCCCCCC(O)C(CO)NC(=O)CC/C=C\C/C=C\CCCCCCCCOC(=O)CCCCCCCCCCCCCCCC. The molecule has 0 aromatic rings. The molecule has 0 aromatic carbocycles. The maximum absolute atomic E-state index is 12.4. The van der Waals surface area contributed by atoms with Crippen molar-refractivity contribution in [1.29, 1.82) is 0 Å². The van der Waals surface area contributed by atoms with Crippen LogP contribution in [0.25, 0.3) is 0 Å². The maximum atomic E-state index is 12.4. The Hall–Kier alpha value is -1.66. The van der Waals surface area contributed by atoms with Crippen LogP contribution >= 0.6 is 0 Å². The van der Waals surface area contributed by atoms with E-state index in [2.05, 4.69) is 37.4 Å². The highest BCUT2D eigenvalue weighted by Crippen LogP contribution is 2.17. The van der Waals surface area contributed by atoms with E-state index in [1.807, 2.05) is 6.08 Å². The number of amides is 1. The van der Waals surface area contributed by atoms with Crippen LogP contribution in [0.15, 0.2) is 24.3 Å². The lowest BCUT2D eigenvalue weighted by Gasteiger charge is -2.22. The predicted molar refractivity (Wildman–Crippen MR) is 273 cm³/mol. The number of nitrogens with one attached hydrogen (secondary N) is 1. The van der Waals surface area contributed by atoms with E-state index >= 15 is 0 Å². The van der Waals surface area contributed by atoms with Gasteiger partial charge in [0.2, 0.25) is 5.91 Å². The van der Waals surface area contributed by atoms with Crippen molar-refractivity contribution in [3.8, 4) is 0 Å². The van der Waals surface area contributed by atoms with Crippen molar-refractivity contribution in [3.05, 3.63) is 24.3 Å². The van der Waals surface area contributed by atoms with E-state index in [1.165, 1.54) is 212 Å². The van der Waals surface area contributed by atoms with E-state index in [1.54, 1.807) is 0 Å². The fourth-order valence-corrected chi connectivity index (χ4v) is 8.69. The topological polar surface area (TPSA) is 95.9 Å². The number of rotatable bonds is 52. The minimum Gasteiger partial charge on any atom is -0.466 e. The molecule has 0 spiro atoms. The Bertz CT molecular complexity index is 982. The average molecular weight is 889 g/mol. The van der Waals surface area contributed by atoms with Crippen molar-refractivity contribution in [1.82, 2.24) is 5.32 Å². The summed E-state index contributed by atoms with van der Waals surface area (Å²) in [7, 11) is 0. The van der Waals surface area contributed by atoms with Crippen molar-refractivity contribution in [2.75, 3.05) is 13.2 Å². The molecule has 63 heavy (non-hydrogen) atoms. The molecule has 0 aliphatic carbocycles. The zero-order chi connectivity index (χ0) is 45.8. The first-order valence-corrected chi connectivity index (χ1v) is 28.1. The zero-order valence-electron chi connectivity index (χ0n) is 42.3. The normalized spacial score (nSPS) is 12.8. The van der Waals surface area contributed by atoms with Crippen LogP contribution in [0.4, 0.5) is 0 Å². The second-order valence-corrected chi connectivity index (χ2v) is 19.3. The van der Waals surface area contributed by atoms with Gasteiger partial charge in [-0.15, -0.1) is 0 Å². The number of allylic oxidation sites excluding steroid dienone is 4. The van der Waals surface area contributed by atoms with E-state index in [9.17, 15) is 19.8 Å². The highest BCUT2D eigenvalue weighted by molar-refractivity contribution is 5.76. The maximum Gasteiger partial charge on any atom is 0.305 e. The molecule has 2 atom stereocenters. The molecule has 0 aliphatic rings. The van der Waals surface area contributed by atoms with Gasteiger partial charge in [-0.1, -0.05) is 269 Å². The van der Waals surface area contributed by atoms with Gasteiger partial charge >= 0.3 is 5.97 Å². The van der Waals surface area contributed by atoms with Crippen LogP contribution in [0.5, 0.6) is 0 Å². The Balaban J connectivity index is 3.53. The molecule has 0 saturated carbocycles. The second kappa shape index (κ2) is 53.0. The summed E-state index contributed by atoms with van der Waals surface area (Å²) in [6, 6.07) is -0.585. The van der Waals surface area contributed by atoms with Gasteiger partial charge in [0.1, 0.15) is 0 Å². The number of unbranched alkanes of at least 4 members (excludes halogenated alkanes) is 37. The molecular formula is C57H109NO5. The first kappa shape index (κ1) is 61.3. The van der Waals surface area contributed by atoms with E-state index in [0.29, 0.717) is 32.3 Å². The number of aliphatic hydroxyl groups is 2. The average Bonchev–Trinajstić information content (AvgIpc) is 3.28. The Labute approximate surface area is 392 Å². The largest absolute Gasteiger partial charge is 0.466 e. The molecule has 0 aliphatic heterocycles. The standard InChI is InChI=1S/C57H109NO5/c1-3-5-7-9-11-13-15-17-19-20-21-22-23-25-29-33-37-41-45-49-55(60)54(53-59)58-56(61)50-46-42-38-34-30-26-24-28-32-36-40-44-48-52-63-57(62)51-47-43-39-35-31-27-18-16-14-12-10-8-6-4-2/h26,30,38,42,54-55,59-60H,3-25,27-29,31-37,39-41,43-53H2,1-2H3,(H,58,61)/b30-26-,42-38-. The number of carbonyl (C=O) groups excluding carboxylic acids is 2. The molecule has 0 bridgehead atoms. The highest BCUT2D eigenvalue weighted by atomic mass is 16.5. The molecule has 3 N–H and O–H groups in total. The van der Waals surface area contributed by atoms with Crippen LogP contribution < -0.4 is 5.32 Å². The van der Waals surface area contributed by atoms with Crippen LogP contribution in [-0.2, 0) is 14.3 Å². The van der Waals surface area contributed by atoms with Crippen LogP contribution in [0.1, 0.15) is 303 Å². The smallest absolute Gasteiger partial charge is 0.305 e. The number of carbonyl (C=O) groups is 2. The van der Waals surface area contributed by atoms with Gasteiger partial charge in [-0.05, 0) is 44.9 Å². The second-order valence-electron chi connectivity index (χ2n) is 19.3. The summed E-state index contributed by atoms with van der Waals surface area (Å²) in [6.07, 6.45) is 63.2. The molecule has 372 valence electrons. The van der Waals surface area contributed by atoms with Gasteiger partial charge in [-0.25, -0.2) is 0 Å². The van der Waals surface area contributed by atoms with Crippen molar-refractivity contribution in [2.45, 2.75) is 315 Å². The Kier molecular flexibility index (Phi) is 51.6. The third-order valence-electron chi connectivity index (χ3n) is 13.0. The number of esters is 1.